The molecule has 1 aliphatic carbocycles. The van der Waals surface area contributed by atoms with E-state index in [1.54, 1.807) is 0 Å². The number of nitrogens with zero attached hydrogens (tertiary/aromatic N) is 2. The van der Waals surface area contributed by atoms with E-state index in [0.29, 0.717) is 13.0 Å². The van der Waals surface area contributed by atoms with E-state index >= 15 is 0 Å². The Morgan fingerprint density at radius 2 is 1.76 bits per heavy atom. The number of carbonyl (C=O) groups excluding carboxylic acids is 2. The summed E-state index contributed by atoms with van der Waals surface area (Å²) in [7, 11) is 0. The van der Waals surface area contributed by atoms with Crippen LogP contribution >= 0.6 is 0 Å². The summed E-state index contributed by atoms with van der Waals surface area (Å²) in [6.45, 7) is 13.0. The van der Waals surface area contributed by atoms with E-state index in [-0.39, 0.29) is 30.8 Å². The van der Waals surface area contributed by atoms with Gasteiger partial charge in [-0.15, -0.1) is 0 Å². The Morgan fingerprint density at radius 1 is 1.06 bits per heavy atom. The van der Waals surface area contributed by atoms with Crippen LogP contribution in [0.15, 0.2) is 0 Å². The smallest absolute Gasteiger partial charge is 0.238 e. The van der Waals surface area contributed by atoms with E-state index in [9.17, 15) is 18.4 Å². The number of alkyl halides is 2. The van der Waals surface area contributed by atoms with Crippen molar-refractivity contribution < 1.29 is 18.4 Å². The molecule has 3 aliphatic rings. The van der Waals surface area contributed by atoms with Gasteiger partial charge in [0.05, 0.1) is 12.1 Å². The molecule has 1 saturated carbocycles. The zero-order valence-electron chi connectivity index (χ0n) is 21.0. The van der Waals surface area contributed by atoms with Crippen molar-refractivity contribution in [3.63, 3.8) is 0 Å². The number of amides is 2. The minimum absolute atomic E-state index is 0.141. The Labute approximate surface area is 202 Å². The van der Waals surface area contributed by atoms with Crippen molar-refractivity contribution in [2.24, 2.45) is 5.92 Å². The molecule has 0 radical (unpaired) electrons. The van der Waals surface area contributed by atoms with Crippen molar-refractivity contribution in [3.8, 4) is 0 Å². The van der Waals surface area contributed by atoms with Gasteiger partial charge in [0.2, 0.25) is 11.8 Å². The van der Waals surface area contributed by atoms with Gasteiger partial charge in [-0.25, -0.2) is 19.6 Å². The minimum Gasteiger partial charge on any atom is -0.351 e. The lowest BCUT2D eigenvalue weighted by Gasteiger charge is -2.39. The first-order valence-electron chi connectivity index (χ1n) is 12.7. The molecule has 2 amide bonds. The van der Waals surface area contributed by atoms with Crippen LogP contribution in [0.2, 0.25) is 0 Å². The van der Waals surface area contributed by atoms with Gasteiger partial charge in [0.15, 0.2) is 0 Å². The maximum absolute atomic E-state index is 14.3. The van der Waals surface area contributed by atoms with Crippen molar-refractivity contribution in [2.75, 3.05) is 39.4 Å². The minimum atomic E-state index is -1.71. The Kier molecular flexibility index (Phi) is 9.62. The van der Waals surface area contributed by atoms with E-state index in [4.69, 9.17) is 0 Å². The molecule has 2 saturated heterocycles. The summed E-state index contributed by atoms with van der Waals surface area (Å²) in [5.74, 6) is -1.45. The molecule has 0 aromatic carbocycles. The Bertz CT molecular complexity index is 680. The molecule has 0 aromatic rings. The zero-order valence-corrected chi connectivity index (χ0v) is 21.0. The number of rotatable bonds is 9. The third-order valence-corrected chi connectivity index (χ3v) is 7.28. The van der Waals surface area contributed by atoms with E-state index in [1.165, 1.54) is 0 Å². The lowest BCUT2D eigenvalue weighted by Crippen LogP contribution is -2.64. The van der Waals surface area contributed by atoms with E-state index in [2.05, 4.69) is 50.4 Å². The first-order chi connectivity index (χ1) is 16.1. The topological polar surface area (TPSA) is 101 Å². The van der Waals surface area contributed by atoms with Crippen LogP contribution < -0.4 is 26.8 Å². The summed E-state index contributed by atoms with van der Waals surface area (Å²) < 4.78 is 28.6. The molecule has 34 heavy (non-hydrogen) atoms. The summed E-state index contributed by atoms with van der Waals surface area (Å²) >= 11 is 0. The number of hydrogen-bond acceptors (Lipinski definition) is 7. The highest BCUT2D eigenvalue weighted by Crippen LogP contribution is 2.30. The SMILES string of the molecule is CCN(CC)CC(C)(C)NC(=O)C1CC(F)C(F)CC1NC(=O)C1CCC(N2CCNC2)NN1. The standard InChI is InChI=1S/C23H43F2N7O2/c1-5-31(6-2)13-23(3,4)28-21(33)15-11-16(24)17(25)12-19(15)27-22(34)18-7-8-20(30-29-18)32-10-9-26-14-32/h15-20,26,29-30H,5-14H2,1-4H3,(H,27,34)(H,28,33). The fourth-order valence-electron chi connectivity index (χ4n) is 5.24. The highest BCUT2D eigenvalue weighted by Gasteiger charge is 2.43. The normalized spacial score (nSPS) is 33.1. The second-order valence-electron chi connectivity index (χ2n) is 10.5. The van der Waals surface area contributed by atoms with Crippen LogP contribution in [-0.2, 0) is 9.59 Å². The highest BCUT2D eigenvalue weighted by molar-refractivity contribution is 5.84. The molecule has 2 heterocycles. The van der Waals surface area contributed by atoms with E-state index < -0.39 is 35.9 Å². The molecule has 5 N–H and O–H groups in total. The fraction of sp³-hybridized carbons (Fsp3) is 0.913. The van der Waals surface area contributed by atoms with Crippen molar-refractivity contribution in [1.29, 1.82) is 0 Å². The summed E-state index contributed by atoms with van der Waals surface area (Å²) in [4.78, 5) is 30.6. The maximum Gasteiger partial charge on any atom is 0.238 e. The van der Waals surface area contributed by atoms with Crippen LogP contribution in [0, 0.1) is 5.92 Å². The number of halogens is 2. The van der Waals surface area contributed by atoms with Crippen LogP contribution in [0.25, 0.3) is 0 Å². The van der Waals surface area contributed by atoms with E-state index in [0.717, 1.165) is 39.3 Å². The number of carbonyl (C=O) groups is 2. The van der Waals surface area contributed by atoms with Crippen molar-refractivity contribution in [1.82, 2.24) is 36.6 Å². The Balaban J connectivity index is 1.58. The summed E-state index contributed by atoms with van der Waals surface area (Å²) in [6, 6.07) is -1.24. The van der Waals surface area contributed by atoms with Crippen LogP contribution in [0.3, 0.4) is 0 Å². The van der Waals surface area contributed by atoms with Crippen molar-refractivity contribution in [3.05, 3.63) is 0 Å². The molecule has 11 heteroatoms. The van der Waals surface area contributed by atoms with Gasteiger partial charge in [-0.05, 0) is 46.2 Å². The second-order valence-corrected chi connectivity index (χ2v) is 10.5. The number of hydrazine groups is 1. The maximum atomic E-state index is 14.3. The molecule has 3 rings (SSSR count). The van der Waals surface area contributed by atoms with Crippen LogP contribution in [0.4, 0.5) is 8.78 Å². The average Bonchev–Trinajstić information content (AvgIpc) is 3.34. The van der Waals surface area contributed by atoms with E-state index in [1.807, 2.05) is 13.8 Å². The van der Waals surface area contributed by atoms with Gasteiger partial charge < -0.3 is 20.9 Å². The predicted molar refractivity (Wildman–Crippen MR) is 127 cm³/mol. The van der Waals surface area contributed by atoms with Crippen LogP contribution in [0.5, 0.6) is 0 Å². The summed E-state index contributed by atoms with van der Waals surface area (Å²) in [6.07, 6.45) is -2.29. The second kappa shape index (κ2) is 12.0. The zero-order chi connectivity index (χ0) is 24.9. The molecule has 0 spiro atoms. The lowest BCUT2D eigenvalue weighted by atomic mass is 9.81. The predicted octanol–water partition coefficient (Wildman–Crippen LogP) is 0.239. The van der Waals surface area contributed by atoms with Gasteiger partial charge >= 0.3 is 0 Å². The number of likely N-dealkylation sites (N-methyl/N-ethyl adjacent to an activating group) is 1. The molecular weight excluding hydrogens is 444 g/mol. The van der Waals surface area contributed by atoms with Crippen LogP contribution in [-0.4, -0.2) is 97.1 Å². The molecule has 9 nitrogen and oxygen atoms in total. The van der Waals surface area contributed by atoms with Crippen molar-refractivity contribution >= 4 is 11.8 Å². The largest absolute Gasteiger partial charge is 0.351 e. The lowest BCUT2D eigenvalue weighted by molar-refractivity contribution is -0.132. The average molecular weight is 488 g/mol. The molecule has 6 atom stereocenters. The van der Waals surface area contributed by atoms with Crippen LogP contribution in [0.1, 0.15) is 53.4 Å². The molecule has 0 aromatic heterocycles. The van der Waals surface area contributed by atoms with Gasteiger partial charge in [0.25, 0.3) is 0 Å². The highest BCUT2D eigenvalue weighted by atomic mass is 19.2. The molecular formula is C23H43F2N7O2. The molecule has 3 fully saturated rings. The third-order valence-electron chi connectivity index (χ3n) is 7.28. The Morgan fingerprint density at radius 3 is 2.35 bits per heavy atom. The quantitative estimate of drug-likeness (QED) is 0.318. The fourth-order valence-corrected chi connectivity index (χ4v) is 5.24. The van der Waals surface area contributed by atoms with Gasteiger partial charge in [0, 0.05) is 44.3 Å². The van der Waals surface area contributed by atoms with Gasteiger partial charge in [-0.2, -0.15) is 0 Å². The number of nitrogens with one attached hydrogen (secondary N) is 5. The summed E-state index contributed by atoms with van der Waals surface area (Å²) in [5.41, 5.74) is 5.73. The summed E-state index contributed by atoms with van der Waals surface area (Å²) in [5, 5.41) is 9.16. The molecule has 0 bridgehead atoms. The third kappa shape index (κ3) is 7.07. The first kappa shape index (κ1) is 27.2. The number of hydrogen-bond donors (Lipinski definition) is 5. The van der Waals surface area contributed by atoms with Gasteiger partial charge in [-0.3, -0.25) is 14.5 Å². The first-order valence-corrected chi connectivity index (χ1v) is 12.7. The van der Waals surface area contributed by atoms with Crippen molar-refractivity contribution in [2.45, 2.75) is 89.5 Å². The molecule has 2 aliphatic heterocycles. The monoisotopic (exact) mass is 487 g/mol. The van der Waals surface area contributed by atoms with Gasteiger partial charge in [-0.1, -0.05) is 13.8 Å². The molecule has 6 unspecified atom stereocenters. The molecule has 196 valence electrons. The Hall–Kier alpha value is -1.40. The van der Waals surface area contributed by atoms with Gasteiger partial charge in [0.1, 0.15) is 18.4 Å².